The summed E-state index contributed by atoms with van der Waals surface area (Å²) in [6, 6.07) is 1.56. The monoisotopic (exact) mass is 324 g/mol. The van der Waals surface area contributed by atoms with Crippen molar-refractivity contribution in [2.45, 2.75) is 26.1 Å². The van der Waals surface area contributed by atoms with Crippen molar-refractivity contribution in [2.24, 2.45) is 0 Å². The van der Waals surface area contributed by atoms with E-state index in [1.54, 1.807) is 6.07 Å². The number of rotatable bonds is 7. The molecule has 0 unspecified atom stereocenters. The molecule has 0 saturated heterocycles. The van der Waals surface area contributed by atoms with Crippen LogP contribution in [0.4, 0.5) is 5.82 Å². The first-order valence-electron chi connectivity index (χ1n) is 6.50. The van der Waals surface area contributed by atoms with Gasteiger partial charge in [-0.2, -0.15) is 5.10 Å². The van der Waals surface area contributed by atoms with Crippen molar-refractivity contribution in [2.75, 3.05) is 11.1 Å². The van der Waals surface area contributed by atoms with E-state index in [1.165, 1.54) is 22.6 Å². The fourth-order valence-corrected chi connectivity index (χ4v) is 2.76. The first-order valence-corrected chi connectivity index (χ1v) is 7.65. The van der Waals surface area contributed by atoms with E-state index in [-0.39, 0.29) is 18.2 Å². The molecule has 2 N–H and O–H groups in total. The van der Waals surface area contributed by atoms with Crippen molar-refractivity contribution >= 4 is 29.5 Å². The van der Waals surface area contributed by atoms with Crippen LogP contribution in [0.1, 0.15) is 17.0 Å². The Hall–Kier alpha value is -2.29. The minimum atomic E-state index is -0.990. The van der Waals surface area contributed by atoms with Crippen molar-refractivity contribution in [3.63, 3.8) is 0 Å². The number of aliphatic carboxylic acids is 1. The highest BCUT2D eigenvalue weighted by Gasteiger charge is 2.11. The summed E-state index contributed by atoms with van der Waals surface area (Å²) in [5.41, 5.74) is 1.83. The van der Waals surface area contributed by atoms with Gasteiger partial charge in [0.25, 0.3) is 0 Å². The van der Waals surface area contributed by atoms with Gasteiger partial charge in [0.2, 0.25) is 5.91 Å². The van der Waals surface area contributed by atoms with Crippen molar-refractivity contribution in [3.8, 4) is 0 Å². The molecule has 0 radical (unpaired) electrons. The lowest BCUT2D eigenvalue weighted by Crippen LogP contribution is -2.15. The Kier molecular flexibility index (Phi) is 5.21. The van der Waals surface area contributed by atoms with Crippen LogP contribution in [0.3, 0.4) is 0 Å². The molecular weight excluding hydrogens is 308 g/mol. The van der Waals surface area contributed by atoms with E-state index in [4.69, 9.17) is 9.63 Å². The second-order valence-corrected chi connectivity index (χ2v) is 5.62. The van der Waals surface area contributed by atoms with Gasteiger partial charge in [-0.1, -0.05) is 5.16 Å². The first kappa shape index (κ1) is 16.1. The number of carboxylic acids is 1. The summed E-state index contributed by atoms with van der Waals surface area (Å²) in [7, 11) is 0. The Morgan fingerprint density at radius 1 is 1.45 bits per heavy atom. The Balaban J connectivity index is 1.78. The van der Waals surface area contributed by atoms with E-state index in [9.17, 15) is 9.59 Å². The molecule has 0 atom stereocenters. The molecule has 2 heterocycles. The van der Waals surface area contributed by atoms with Crippen molar-refractivity contribution in [3.05, 3.63) is 29.3 Å². The number of aryl methyl sites for hydroxylation is 2. The standard InChI is InChI=1S/C13H16N4O4S/c1-8-10(9(2)21-16-8)6-22-7-12(18)14-11-3-4-17(15-11)5-13(19)20/h3-4H,5-7H2,1-2H3,(H,19,20)(H,14,15,18). The number of anilines is 1. The van der Waals surface area contributed by atoms with Crippen LogP contribution in [0.25, 0.3) is 0 Å². The fourth-order valence-electron chi connectivity index (χ4n) is 1.79. The lowest BCUT2D eigenvalue weighted by atomic mass is 10.2. The lowest BCUT2D eigenvalue weighted by Gasteiger charge is -2.02. The van der Waals surface area contributed by atoms with E-state index < -0.39 is 5.97 Å². The number of hydrogen-bond acceptors (Lipinski definition) is 6. The van der Waals surface area contributed by atoms with E-state index in [0.717, 1.165) is 17.0 Å². The maximum Gasteiger partial charge on any atom is 0.325 e. The number of nitrogens with one attached hydrogen (secondary N) is 1. The molecule has 9 heteroatoms. The Morgan fingerprint density at radius 2 is 2.23 bits per heavy atom. The van der Waals surface area contributed by atoms with Crippen LogP contribution in [0.2, 0.25) is 0 Å². The summed E-state index contributed by atoms with van der Waals surface area (Å²) in [5, 5.41) is 19.1. The van der Waals surface area contributed by atoms with Crippen LogP contribution >= 0.6 is 11.8 Å². The molecule has 0 spiro atoms. The van der Waals surface area contributed by atoms with Crippen LogP contribution < -0.4 is 5.32 Å². The summed E-state index contributed by atoms with van der Waals surface area (Å²) in [4.78, 5) is 22.4. The van der Waals surface area contributed by atoms with Crippen LogP contribution in [-0.2, 0) is 21.9 Å². The normalized spacial score (nSPS) is 10.6. The first-order chi connectivity index (χ1) is 10.5. The molecule has 2 rings (SSSR count). The Bertz CT molecular complexity index is 660. The van der Waals surface area contributed by atoms with Crippen LogP contribution in [-0.4, -0.2) is 37.7 Å². The molecule has 0 aliphatic heterocycles. The fraction of sp³-hybridized carbons (Fsp3) is 0.385. The maximum absolute atomic E-state index is 11.8. The van der Waals surface area contributed by atoms with E-state index in [0.29, 0.717) is 11.6 Å². The minimum Gasteiger partial charge on any atom is -0.480 e. The van der Waals surface area contributed by atoms with Gasteiger partial charge in [0.15, 0.2) is 5.82 Å². The average Bonchev–Trinajstić information content (AvgIpc) is 2.98. The zero-order valence-corrected chi connectivity index (χ0v) is 13.0. The van der Waals surface area contributed by atoms with Gasteiger partial charge in [0.05, 0.1) is 11.4 Å². The summed E-state index contributed by atoms with van der Waals surface area (Å²) < 4.78 is 6.30. The Morgan fingerprint density at radius 3 is 2.86 bits per heavy atom. The zero-order chi connectivity index (χ0) is 16.1. The van der Waals surface area contributed by atoms with Crippen LogP contribution in [0.5, 0.6) is 0 Å². The van der Waals surface area contributed by atoms with Crippen molar-refractivity contribution in [1.29, 1.82) is 0 Å². The molecule has 0 aliphatic rings. The molecule has 0 saturated carbocycles. The molecule has 0 bridgehead atoms. The largest absolute Gasteiger partial charge is 0.480 e. The van der Waals surface area contributed by atoms with Gasteiger partial charge < -0.3 is 14.9 Å². The smallest absolute Gasteiger partial charge is 0.325 e. The highest BCUT2D eigenvalue weighted by molar-refractivity contribution is 7.99. The number of amides is 1. The van der Waals surface area contributed by atoms with Crippen LogP contribution in [0.15, 0.2) is 16.8 Å². The van der Waals surface area contributed by atoms with Gasteiger partial charge >= 0.3 is 5.97 Å². The third-order valence-electron chi connectivity index (χ3n) is 2.87. The van der Waals surface area contributed by atoms with Gasteiger partial charge in [-0.05, 0) is 13.8 Å². The molecule has 1 amide bonds. The number of carbonyl (C=O) groups is 2. The topological polar surface area (TPSA) is 110 Å². The second kappa shape index (κ2) is 7.12. The predicted molar refractivity (Wildman–Crippen MR) is 80.6 cm³/mol. The van der Waals surface area contributed by atoms with Gasteiger partial charge in [0, 0.05) is 23.6 Å². The van der Waals surface area contributed by atoms with Gasteiger partial charge in [0.1, 0.15) is 12.3 Å². The number of nitrogens with zero attached hydrogens (tertiary/aromatic N) is 3. The van der Waals surface area contributed by atoms with E-state index in [2.05, 4.69) is 15.6 Å². The third kappa shape index (κ3) is 4.35. The Labute approximate surface area is 130 Å². The molecular formula is C13H16N4O4S. The molecule has 2 aromatic rings. The quantitative estimate of drug-likeness (QED) is 0.793. The summed E-state index contributed by atoms with van der Waals surface area (Å²) in [6.07, 6.45) is 1.50. The number of carbonyl (C=O) groups excluding carboxylic acids is 1. The zero-order valence-electron chi connectivity index (χ0n) is 12.2. The van der Waals surface area contributed by atoms with Crippen LogP contribution in [0, 0.1) is 13.8 Å². The highest BCUT2D eigenvalue weighted by Crippen LogP contribution is 2.19. The second-order valence-electron chi connectivity index (χ2n) is 4.64. The average molecular weight is 324 g/mol. The molecule has 8 nitrogen and oxygen atoms in total. The molecule has 0 aromatic carbocycles. The maximum atomic E-state index is 11.8. The van der Waals surface area contributed by atoms with Gasteiger partial charge in [-0.15, -0.1) is 11.8 Å². The minimum absolute atomic E-state index is 0.197. The lowest BCUT2D eigenvalue weighted by molar-refractivity contribution is -0.137. The van der Waals surface area contributed by atoms with Gasteiger partial charge in [-0.25, -0.2) is 0 Å². The predicted octanol–water partition coefficient (Wildman–Crippen LogP) is 1.44. The van der Waals surface area contributed by atoms with Crippen molar-refractivity contribution < 1.29 is 19.2 Å². The highest BCUT2D eigenvalue weighted by atomic mass is 32.2. The summed E-state index contributed by atoms with van der Waals surface area (Å²) in [5.74, 6) is 0.813. The number of thioether (sulfide) groups is 1. The molecule has 22 heavy (non-hydrogen) atoms. The van der Waals surface area contributed by atoms with Crippen molar-refractivity contribution in [1.82, 2.24) is 14.9 Å². The number of hydrogen-bond donors (Lipinski definition) is 2. The summed E-state index contributed by atoms with van der Waals surface area (Å²) in [6.45, 7) is 3.46. The van der Waals surface area contributed by atoms with Gasteiger partial charge in [-0.3, -0.25) is 14.3 Å². The number of aromatic nitrogens is 3. The van der Waals surface area contributed by atoms with E-state index >= 15 is 0 Å². The number of carboxylic acid groups (broad SMARTS) is 1. The molecule has 0 aliphatic carbocycles. The molecule has 2 aromatic heterocycles. The third-order valence-corrected chi connectivity index (χ3v) is 3.83. The molecule has 118 valence electrons. The van der Waals surface area contributed by atoms with E-state index in [1.807, 2.05) is 13.8 Å². The SMILES string of the molecule is Cc1noc(C)c1CSCC(=O)Nc1ccn(CC(=O)O)n1. The summed E-state index contributed by atoms with van der Waals surface area (Å²) >= 11 is 1.44. The molecule has 0 fully saturated rings.